The summed E-state index contributed by atoms with van der Waals surface area (Å²) >= 11 is 0. The number of anilines is 1. The van der Waals surface area contributed by atoms with E-state index >= 15 is 0 Å². The van der Waals surface area contributed by atoms with Crippen LogP contribution >= 0.6 is 0 Å². The highest BCUT2D eigenvalue weighted by Gasteiger charge is 2.35. The zero-order valence-corrected chi connectivity index (χ0v) is 17.1. The molecule has 2 heterocycles. The second kappa shape index (κ2) is 10.2. The Bertz CT molecular complexity index is 616. The van der Waals surface area contributed by atoms with Crippen molar-refractivity contribution in [3.63, 3.8) is 0 Å². The van der Waals surface area contributed by atoms with Gasteiger partial charge in [0.1, 0.15) is 0 Å². The molecule has 2 N–H and O–H groups in total. The van der Waals surface area contributed by atoms with Crippen molar-refractivity contribution in [1.82, 2.24) is 9.80 Å². The van der Waals surface area contributed by atoms with Crippen molar-refractivity contribution in [3.05, 3.63) is 29.8 Å². The Morgan fingerprint density at radius 3 is 2.36 bits per heavy atom. The average molecular weight is 390 g/mol. The monoisotopic (exact) mass is 389 g/mol. The standard InChI is InChI=1S/C22H35N3O3/c1-2-23(12-13-26)14-19-15-25(16-20(19)17-27)22(28)18-6-8-21(9-7-18)24-10-4-3-5-11-24/h6-9,19-20,26-27H,2-5,10-17H2,1H3/t19-,20-/m1/s1. The van der Waals surface area contributed by atoms with Crippen LogP contribution in [0.2, 0.25) is 0 Å². The Morgan fingerprint density at radius 1 is 1.07 bits per heavy atom. The Kier molecular flexibility index (Phi) is 7.71. The van der Waals surface area contributed by atoms with Crippen molar-refractivity contribution in [3.8, 4) is 0 Å². The molecule has 2 aliphatic rings. The molecule has 28 heavy (non-hydrogen) atoms. The number of carbonyl (C=O) groups excluding carboxylic acids is 1. The molecule has 1 aromatic carbocycles. The lowest BCUT2D eigenvalue weighted by atomic mass is 9.96. The number of piperidine rings is 1. The molecule has 0 unspecified atom stereocenters. The van der Waals surface area contributed by atoms with Gasteiger partial charge < -0.3 is 24.9 Å². The van der Waals surface area contributed by atoms with Gasteiger partial charge in [-0.2, -0.15) is 0 Å². The van der Waals surface area contributed by atoms with Crippen LogP contribution in [0.3, 0.4) is 0 Å². The largest absolute Gasteiger partial charge is 0.396 e. The summed E-state index contributed by atoms with van der Waals surface area (Å²) in [7, 11) is 0. The van der Waals surface area contributed by atoms with Gasteiger partial charge in [-0.05, 0) is 56.0 Å². The molecule has 6 nitrogen and oxygen atoms in total. The van der Waals surface area contributed by atoms with Crippen LogP contribution < -0.4 is 4.90 Å². The van der Waals surface area contributed by atoms with E-state index in [4.69, 9.17) is 0 Å². The molecule has 1 aromatic rings. The van der Waals surface area contributed by atoms with Crippen LogP contribution in [0.4, 0.5) is 5.69 Å². The third-order valence-electron chi connectivity index (χ3n) is 6.29. The number of hydrogen-bond acceptors (Lipinski definition) is 5. The number of amides is 1. The lowest BCUT2D eigenvalue weighted by molar-refractivity contribution is 0.0778. The minimum absolute atomic E-state index is 0.0522. The number of likely N-dealkylation sites (N-methyl/N-ethyl adjacent to an activating group) is 1. The number of carbonyl (C=O) groups is 1. The van der Waals surface area contributed by atoms with E-state index in [-0.39, 0.29) is 31.0 Å². The maximum atomic E-state index is 13.0. The summed E-state index contributed by atoms with van der Waals surface area (Å²) in [6, 6.07) is 8.01. The molecule has 2 aliphatic heterocycles. The Balaban J connectivity index is 1.62. The summed E-state index contributed by atoms with van der Waals surface area (Å²) in [5.41, 5.74) is 1.92. The molecule has 0 saturated carbocycles. The summed E-state index contributed by atoms with van der Waals surface area (Å²) in [5.74, 6) is 0.397. The molecular weight excluding hydrogens is 354 g/mol. The fourth-order valence-corrected chi connectivity index (χ4v) is 4.52. The normalized spacial score (nSPS) is 22.9. The van der Waals surface area contributed by atoms with E-state index in [1.54, 1.807) is 0 Å². The first-order valence-corrected chi connectivity index (χ1v) is 10.7. The number of benzene rings is 1. The van der Waals surface area contributed by atoms with Crippen LogP contribution in [0, 0.1) is 11.8 Å². The molecule has 2 saturated heterocycles. The first-order chi connectivity index (χ1) is 13.7. The number of aliphatic hydroxyl groups excluding tert-OH is 2. The molecule has 156 valence electrons. The molecule has 2 fully saturated rings. The molecule has 0 spiro atoms. The third-order valence-corrected chi connectivity index (χ3v) is 6.29. The van der Waals surface area contributed by atoms with Gasteiger partial charge >= 0.3 is 0 Å². The molecule has 0 aromatic heterocycles. The van der Waals surface area contributed by atoms with Crippen LogP contribution in [-0.4, -0.2) is 84.9 Å². The summed E-state index contributed by atoms with van der Waals surface area (Å²) < 4.78 is 0. The summed E-state index contributed by atoms with van der Waals surface area (Å²) in [6.45, 7) is 8.07. The number of likely N-dealkylation sites (tertiary alicyclic amines) is 1. The quantitative estimate of drug-likeness (QED) is 0.708. The van der Waals surface area contributed by atoms with Crippen molar-refractivity contribution in [1.29, 1.82) is 0 Å². The van der Waals surface area contributed by atoms with E-state index in [1.807, 2.05) is 17.0 Å². The molecule has 6 heteroatoms. The number of rotatable bonds is 8. The first-order valence-electron chi connectivity index (χ1n) is 10.7. The van der Waals surface area contributed by atoms with Gasteiger partial charge in [-0.3, -0.25) is 4.79 Å². The lowest BCUT2D eigenvalue weighted by Gasteiger charge is -2.29. The van der Waals surface area contributed by atoms with Crippen LogP contribution in [-0.2, 0) is 0 Å². The maximum absolute atomic E-state index is 13.0. The lowest BCUT2D eigenvalue weighted by Crippen LogP contribution is -2.36. The van der Waals surface area contributed by atoms with Gasteiger partial charge in [-0.25, -0.2) is 0 Å². The SMILES string of the molecule is CCN(CCO)C[C@@H]1CN(C(=O)c2ccc(N3CCCCC3)cc2)C[C@@H]1CO. The molecule has 2 atom stereocenters. The minimum atomic E-state index is 0.0522. The van der Waals surface area contributed by atoms with Gasteiger partial charge in [0.05, 0.1) is 6.61 Å². The van der Waals surface area contributed by atoms with Crippen LogP contribution in [0.5, 0.6) is 0 Å². The Hall–Kier alpha value is -1.63. The van der Waals surface area contributed by atoms with Gasteiger partial charge in [0.25, 0.3) is 5.91 Å². The Morgan fingerprint density at radius 2 is 1.75 bits per heavy atom. The predicted octanol–water partition coefficient (Wildman–Crippen LogP) is 1.67. The second-order valence-corrected chi connectivity index (χ2v) is 8.12. The van der Waals surface area contributed by atoms with Gasteiger partial charge in [0, 0.05) is 63.0 Å². The maximum Gasteiger partial charge on any atom is 0.253 e. The molecule has 0 radical (unpaired) electrons. The van der Waals surface area contributed by atoms with Crippen molar-refractivity contribution in [2.45, 2.75) is 26.2 Å². The summed E-state index contributed by atoms with van der Waals surface area (Å²) in [6.07, 6.45) is 3.79. The number of nitrogens with zero attached hydrogens (tertiary/aromatic N) is 3. The third kappa shape index (κ3) is 5.04. The topological polar surface area (TPSA) is 67.2 Å². The van der Waals surface area contributed by atoms with Crippen LogP contribution in [0.25, 0.3) is 0 Å². The molecule has 3 rings (SSSR count). The number of hydrogen-bond donors (Lipinski definition) is 2. The van der Waals surface area contributed by atoms with Crippen molar-refractivity contribution >= 4 is 11.6 Å². The first kappa shape index (κ1) is 21.1. The molecule has 0 bridgehead atoms. The Labute approximate surface area is 168 Å². The highest BCUT2D eigenvalue weighted by atomic mass is 16.3. The van der Waals surface area contributed by atoms with E-state index in [2.05, 4.69) is 28.9 Å². The van der Waals surface area contributed by atoms with Gasteiger partial charge in [0.15, 0.2) is 0 Å². The van der Waals surface area contributed by atoms with E-state index in [0.29, 0.717) is 19.6 Å². The highest BCUT2D eigenvalue weighted by Crippen LogP contribution is 2.27. The number of aliphatic hydroxyl groups is 2. The van der Waals surface area contributed by atoms with Crippen LogP contribution in [0.15, 0.2) is 24.3 Å². The molecular formula is C22H35N3O3. The smallest absolute Gasteiger partial charge is 0.253 e. The zero-order chi connectivity index (χ0) is 19.9. The fraction of sp³-hybridized carbons (Fsp3) is 0.682. The van der Waals surface area contributed by atoms with E-state index < -0.39 is 0 Å². The zero-order valence-electron chi connectivity index (χ0n) is 17.1. The van der Waals surface area contributed by atoms with E-state index in [1.165, 1.54) is 24.9 Å². The van der Waals surface area contributed by atoms with Gasteiger partial charge in [0.2, 0.25) is 0 Å². The van der Waals surface area contributed by atoms with Crippen molar-refractivity contribution in [2.75, 3.05) is 63.9 Å². The summed E-state index contributed by atoms with van der Waals surface area (Å²) in [4.78, 5) is 19.5. The van der Waals surface area contributed by atoms with E-state index in [9.17, 15) is 15.0 Å². The summed E-state index contributed by atoms with van der Waals surface area (Å²) in [5, 5.41) is 19.0. The van der Waals surface area contributed by atoms with Gasteiger partial charge in [-0.15, -0.1) is 0 Å². The molecule has 1 amide bonds. The van der Waals surface area contributed by atoms with Gasteiger partial charge in [-0.1, -0.05) is 6.92 Å². The molecule has 0 aliphatic carbocycles. The fourth-order valence-electron chi connectivity index (χ4n) is 4.52. The predicted molar refractivity (Wildman–Crippen MR) is 112 cm³/mol. The van der Waals surface area contributed by atoms with Crippen molar-refractivity contribution < 1.29 is 15.0 Å². The van der Waals surface area contributed by atoms with Crippen LogP contribution in [0.1, 0.15) is 36.5 Å². The van der Waals surface area contributed by atoms with E-state index in [0.717, 1.165) is 31.7 Å². The average Bonchev–Trinajstić information content (AvgIpc) is 3.16. The van der Waals surface area contributed by atoms with Crippen molar-refractivity contribution in [2.24, 2.45) is 11.8 Å². The second-order valence-electron chi connectivity index (χ2n) is 8.12. The highest BCUT2D eigenvalue weighted by molar-refractivity contribution is 5.94. The minimum Gasteiger partial charge on any atom is -0.396 e.